The Labute approximate surface area is 215 Å². The number of para-hydroxylation sites is 1. The van der Waals surface area contributed by atoms with E-state index < -0.39 is 0 Å². The topological polar surface area (TPSA) is 94.5 Å². The zero-order chi connectivity index (χ0) is 25.8. The van der Waals surface area contributed by atoms with Gasteiger partial charge in [0.2, 0.25) is 5.91 Å². The van der Waals surface area contributed by atoms with Crippen molar-refractivity contribution in [2.75, 3.05) is 19.5 Å². The summed E-state index contributed by atoms with van der Waals surface area (Å²) in [5.74, 6) is 1.05. The number of rotatable bonds is 9. The quantitative estimate of drug-likeness (QED) is 0.346. The lowest BCUT2D eigenvalue weighted by molar-refractivity contribution is -0.117. The maximum atomic E-state index is 13.4. The molecule has 1 aliphatic carbocycles. The maximum Gasteiger partial charge on any atom is 0.255 e. The van der Waals surface area contributed by atoms with Crippen molar-refractivity contribution in [3.63, 3.8) is 0 Å². The zero-order valence-corrected chi connectivity index (χ0v) is 20.7. The molecule has 0 saturated heterocycles. The summed E-state index contributed by atoms with van der Waals surface area (Å²) in [5, 5.41) is 10.7. The fraction of sp³-hybridized carbons (Fsp3) is 0.207. The minimum absolute atomic E-state index is 0.0501. The molecule has 8 nitrogen and oxygen atoms in total. The summed E-state index contributed by atoms with van der Waals surface area (Å²) in [6.45, 7) is 0.299. The van der Waals surface area contributed by atoms with Gasteiger partial charge in [-0.15, -0.1) is 0 Å². The second-order valence-electron chi connectivity index (χ2n) is 8.89. The number of nitrogens with one attached hydrogen (secondary N) is 2. The predicted octanol–water partition coefficient (Wildman–Crippen LogP) is 4.84. The third-order valence-corrected chi connectivity index (χ3v) is 6.23. The van der Waals surface area contributed by atoms with Gasteiger partial charge < -0.3 is 20.1 Å². The summed E-state index contributed by atoms with van der Waals surface area (Å²) in [6, 6.07) is 22.6. The highest BCUT2D eigenvalue weighted by Crippen LogP contribution is 2.33. The van der Waals surface area contributed by atoms with Gasteiger partial charge in [-0.1, -0.05) is 30.3 Å². The van der Waals surface area contributed by atoms with E-state index in [9.17, 15) is 9.59 Å². The number of hydrogen-bond acceptors (Lipinski definition) is 5. The molecule has 0 radical (unpaired) electrons. The van der Waals surface area contributed by atoms with Gasteiger partial charge in [-0.05, 0) is 60.9 Å². The Morgan fingerprint density at radius 2 is 1.73 bits per heavy atom. The van der Waals surface area contributed by atoms with Gasteiger partial charge in [0.15, 0.2) is 11.5 Å². The number of benzene rings is 3. The lowest BCUT2D eigenvalue weighted by Gasteiger charge is -2.10. The first-order valence-corrected chi connectivity index (χ1v) is 12.1. The first-order chi connectivity index (χ1) is 18.1. The lowest BCUT2D eigenvalue weighted by atomic mass is 10.1. The smallest absolute Gasteiger partial charge is 0.255 e. The number of anilines is 1. The van der Waals surface area contributed by atoms with E-state index >= 15 is 0 Å². The molecule has 0 bridgehead atoms. The van der Waals surface area contributed by atoms with Crippen molar-refractivity contribution < 1.29 is 19.1 Å². The van der Waals surface area contributed by atoms with Crippen LogP contribution in [0.15, 0.2) is 79.0 Å². The van der Waals surface area contributed by atoms with Crippen LogP contribution in [0.4, 0.5) is 5.69 Å². The molecule has 3 aromatic carbocycles. The number of hydrogen-bond donors (Lipinski definition) is 2. The molecule has 0 atom stereocenters. The van der Waals surface area contributed by atoms with E-state index in [0.29, 0.717) is 29.3 Å². The van der Waals surface area contributed by atoms with Gasteiger partial charge in [-0.2, -0.15) is 5.10 Å². The SMILES string of the molecule is COc1ccc(-c2nn(-c3ccccc3)cc2C(=O)NCc2cccc(NC(=O)C3CC3)c2)cc1OC. The van der Waals surface area contributed by atoms with Crippen LogP contribution < -0.4 is 20.1 Å². The largest absolute Gasteiger partial charge is 0.493 e. The number of amides is 2. The van der Waals surface area contributed by atoms with Crippen molar-refractivity contribution in [2.24, 2.45) is 5.92 Å². The molecule has 1 aliphatic rings. The van der Waals surface area contributed by atoms with E-state index in [2.05, 4.69) is 10.6 Å². The van der Waals surface area contributed by atoms with Crippen LogP contribution in [0, 0.1) is 5.92 Å². The van der Waals surface area contributed by atoms with Gasteiger partial charge in [0.25, 0.3) is 5.91 Å². The Balaban J connectivity index is 1.41. The number of nitrogens with zero attached hydrogens (tertiary/aromatic N) is 2. The molecule has 188 valence electrons. The van der Waals surface area contributed by atoms with Crippen molar-refractivity contribution in [2.45, 2.75) is 19.4 Å². The third kappa shape index (κ3) is 5.48. The molecule has 1 aromatic heterocycles. The minimum Gasteiger partial charge on any atom is -0.493 e. The number of aromatic nitrogens is 2. The molecule has 0 unspecified atom stereocenters. The van der Waals surface area contributed by atoms with Crippen molar-refractivity contribution in [1.82, 2.24) is 15.1 Å². The molecule has 0 aliphatic heterocycles. The number of methoxy groups -OCH3 is 2. The Kier molecular flexibility index (Phi) is 6.89. The molecule has 37 heavy (non-hydrogen) atoms. The summed E-state index contributed by atoms with van der Waals surface area (Å²) >= 11 is 0. The van der Waals surface area contributed by atoms with Gasteiger partial charge in [0.05, 0.1) is 25.5 Å². The fourth-order valence-electron chi connectivity index (χ4n) is 4.08. The average molecular weight is 497 g/mol. The molecule has 5 rings (SSSR count). The predicted molar refractivity (Wildman–Crippen MR) is 141 cm³/mol. The number of ether oxygens (including phenoxy) is 2. The van der Waals surface area contributed by atoms with E-state index in [4.69, 9.17) is 14.6 Å². The van der Waals surface area contributed by atoms with Gasteiger partial charge in [-0.3, -0.25) is 9.59 Å². The van der Waals surface area contributed by atoms with Crippen LogP contribution in [-0.2, 0) is 11.3 Å². The Bertz CT molecular complexity index is 1430. The van der Waals surface area contributed by atoms with Crippen LogP contribution in [0.25, 0.3) is 16.9 Å². The van der Waals surface area contributed by atoms with Crippen molar-refractivity contribution in [1.29, 1.82) is 0 Å². The summed E-state index contributed by atoms with van der Waals surface area (Å²) in [4.78, 5) is 25.5. The van der Waals surface area contributed by atoms with Crippen LogP contribution in [0.2, 0.25) is 0 Å². The molecular formula is C29H28N4O4. The fourth-order valence-corrected chi connectivity index (χ4v) is 4.08. The average Bonchev–Trinajstić information content (AvgIpc) is 3.70. The number of carbonyl (C=O) groups is 2. The zero-order valence-electron chi connectivity index (χ0n) is 20.7. The Morgan fingerprint density at radius 1 is 0.946 bits per heavy atom. The monoisotopic (exact) mass is 496 g/mol. The molecule has 1 saturated carbocycles. The van der Waals surface area contributed by atoms with Crippen molar-refractivity contribution in [3.8, 4) is 28.4 Å². The molecule has 8 heteroatoms. The third-order valence-electron chi connectivity index (χ3n) is 6.23. The van der Waals surface area contributed by atoms with Crippen LogP contribution in [0.5, 0.6) is 11.5 Å². The molecule has 0 spiro atoms. The highest BCUT2D eigenvalue weighted by molar-refractivity contribution is 6.00. The normalized spacial score (nSPS) is 12.6. The van der Waals surface area contributed by atoms with Crippen LogP contribution in [0.3, 0.4) is 0 Å². The molecular weight excluding hydrogens is 468 g/mol. The second-order valence-corrected chi connectivity index (χ2v) is 8.89. The van der Waals surface area contributed by atoms with E-state index in [1.807, 2.05) is 60.7 Å². The maximum absolute atomic E-state index is 13.4. The van der Waals surface area contributed by atoms with Gasteiger partial charge in [-0.25, -0.2) is 4.68 Å². The van der Waals surface area contributed by atoms with Gasteiger partial charge in [0, 0.05) is 29.9 Å². The molecule has 1 fully saturated rings. The van der Waals surface area contributed by atoms with E-state index in [1.165, 1.54) is 0 Å². The lowest BCUT2D eigenvalue weighted by Crippen LogP contribution is -2.23. The van der Waals surface area contributed by atoms with Gasteiger partial charge >= 0.3 is 0 Å². The number of carbonyl (C=O) groups excluding carboxylic acids is 2. The van der Waals surface area contributed by atoms with Crippen LogP contribution >= 0.6 is 0 Å². The molecule has 2 N–H and O–H groups in total. The minimum atomic E-state index is -0.264. The van der Waals surface area contributed by atoms with E-state index in [0.717, 1.165) is 35.3 Å². The highest BCUT2D eigenvalue weighted by atomic mass is 16.5. The summed E-state index contributed by atoms with van der Waals surface area (Å²) in [6.07, 6.45) is 3.62. The molecule has 1 heterocycles. The second kappa shape index (κ2) is 10.6. The first kappa shape index (κ1) is 24.1. The van der Waals surface area contributed by atoms with Crippen molar-refractivity contribution in [3.05, 3.63) is 90.1 Å². The Hall–Kier alpha value is -4.59. The van der Waals surface area contributed by atoms with E-state index in [-0.39, 0.29) is 17.7 Å². The standard InChI is InChI=1S/C29H28N4O4/c1-36-25-14-13-21(16-26(25)37-2)27-24(18-33(32-27)23-9-4-3-5-10-23)29(35)30-17-19-7-6-8-22(15-19)31-28(34)20-11-12-20/h3-10,13-16,18,20H,11-12,17H2,1-2H3,(H,30,35)(H,31,34). The van der Waals surface area contributed by atoms with Crippen LogP contribution in [-0.4, -0.2) is 35.8 Å². The highest BCUT2D eigenvalue weighted by Gasteiger charge is 2.29. The Morgan fingerprint density at radius 3 is 2.46 bits per heavy atom. The molecule has 2 amide bonds. The van der Waals surface area contributed by atoms with Crippen LogP contribution in [0.1, 0.15) is 28.8 Å². The summed E-state index contributed by atoms with van der Waals surface area (Å²) < 4.78 is 12.5. The summed E-state index contributed by atoms with van der Waals surface area (Å²) in [5.41, 5.74) is 4.11. The van der Waals surface area contributed by atoms with E-state index in [1.54, 1.807) is 37.2 Å². The first-order valence-electron chi connectivity index (χ1n) is 12.1. The summed E-state index contributed by atoms with van der Waals surface area (Å²) in [7, 11) is 3.14. The van der Waals surface area contributed by atoms with Crippen molar-refractivity contribution >= 4 is 17.5 Å². The van der Waals surface area contributed by atoms with Gasteiger partial charge in [0.1, 0.15) is 5.69 Å². The molecule has 4 aromatic rings.